The molecule has 0 saturated carbocycles. The Kier molecular flexibility index (Phi) is 3.76. The quantitative estimate of drug-likeness (QED) is 0.796. The average molecular weight is 312 g/mol. The molecule has 1 amide bonds. The maximum absolute atomic E-state index is 12.9. The summed E-state index contributed by atoms with van der Waals surface area (Å²) in [6.45, 7) is -0.580. The van der Waals surface area contributed by atoms with Crippen LogP contribution < -0.4 is 5.32 Å². The molecule has 0 fully saturated rings. The van der Waals surface area contributed by atoms with E-state index in [4.69, 9.17) is 5.26 Å². The monoisotopic (exact) mass is 312 g/mol. The van der Waals surface area contributed by atoms with Crippen molar-refractivity contribution >= 4 is 22.9 Å². The van der Waals surface area contributed by atoms with Crippen molar-refractivity contribution in [2.75, 3.05) is 12.0 Å². The van der Waals surface area contributed by atoms with Crippen LogP contribution in [0, 0.1) is 11.3 Å². The fraction of sp³-hybridized carbons (Fsp3) is 0.200. The maximum Gasteiger partial charge on any atom is 0.276 e. The number of nitrogens with one attached hydrogen (secondary N) is 1. The lowest BCUT2D eigenvalue weighted by Gasteiger charge is -2.08. The number of anilines is 1. The Balaban J connectivity index is 2.03. The zero-order valence-electron chi connectivity index (χ0n) is 12.3. The number of hydrogen-bond donors (Lipinski definition) is 1. The van der Waals surface area contributed by atoms with Crippen molar-refractivity contribution in [3.05, 3.63) is 41.7 Å². The number of imidazole rings is 1. The third-order valence-electron chi connectivity index (χ3n) is 3.46. The van der Waals surface area contributed by atoms with Crippen LogP contribution in [0.1, 0.15) is 16.1 Å². The second-order valence-corrected chi connectivity index (χ2v) is 4.89. The molecule has 0 spiro atoms. The summed E-state index contributed by atoms with van der Waals surface area (Å²) in [4.78, 5) is 16.6. The van der Waals surface area contributed by atoms with E-state index in [2.05, 4.69) is 15.4 Å². The third kappa shape index (κ3) is 2.64. The molecule has 1 aromatic carbocycles. The molecular formula is C15H13FN6O. The lowest BCUT2D eigenvalue weighted by Crippen LogP contribution is -2.19. The molecule has 0 aliphatic rings. The molecule has 8 heteroatoms. The van der Waals surface area contributed by atoms with E-state index in [1.165, 1.54) is 10.9 Å². The minimum atomic E-state index is -0.614. The first-order chi connectivity index (χ1) is 11.1. The van der Waals surface area contributed by atoms with Crippen LogP contribution in [-0.4, -0.2) is 31.9 Å². The molecule has 7 nitrogen and oxygen atoms in total. The number of halogens is 1. The number of alkyl halides is 1. The van der Waals surface area contributed by atoms with Gasteiger partial charge in [-0.05, 0) is 24.3 Å². The number of benzene rings is 1. The van der Waals surface area contributed by atoms with E-state index in [-0.39, 0.29) is 18.4 Å². The second-order valence-electron chi connectivity index (χ2n) is 4.89. The van der Waals surface area contributed by atoms with Gasteiger partial charge in [-0.15, -0.1) is 0 Å². The van der Waals surface area contributed by atoms with Crippen molar-refractivity contribution < 1.29 is 9.18 Å². The van der Waals surface area contributed by atoms with Gasteiger partial charge in [0.25, 0.3) is 5.91 Å². The molecule has 0 atom stereocenters. The van der Waals surface area contributed by atoms with Gasteiger partial charge in [-0.2, -0.15) is 10.4 Å². The Labute approximate surface area is 131 Å². The molecule has 23 heavy (non-hydrogen) atoms. The topological polar surface area (TPSA) is 88.5 Å². The van der Waals surface area contributed by atoms with Crippen molar-refractivity contribution in [2.24, 2.45) is 7.05 Å². The highest BCUT2D eigenvalue weighted by molar-refractivity contribution is 6.02. The van der Waals surface area contributed by atoms with E-state index in [0.29, 0.717) is 22.3 Å². The number of amides is 1. The molecular weight excluding hydrogens is 299 g/mol. The second kappa shape index (κ2) is 5.88. The molecule has 0 aliphatic carbocycles. The lowest BCUT2D eigenvalue weighted by molar-refractivity contribution is 0.101. The van der Waals surface area contributed by atoms with E-state index in [1.807, 2.05) is 6.07 Å². The summed E-state index contributed by atoms with van der Waals surface area (Å²) in [5.74, 6) is -0.153. The van der Waals surface area contributed by atoms with Gasteiger partial charge in [-0.3, -0.25) is 14.8 Å². The predicted octanol–water partition coefficient (Wildman–Crippen LogP) is 1.86. The van der Waals surface area contributed by atoms with Gasteiger partial charge < -0.3 is 4.57 Å². The van der Waals surface area contributed by atoms with Crippen LogP contribution >= 0.6 is 0 Å². The zero-order valence-corrected chi connectivity index (χ0v) is 12.3. The van der Waals surface area contributed by atoms with Crippen LogP contribution in [0.4, 0.5) is 10.3 Å². The zero-order chi connectivity index (χ0) is 16.4. The first kappa shape index (κ1) is 14.7. The van der Waals surface area contributed by atoms with E-state index < -0.39 is 6.67 Å². The van der Waals surface area contributed by atoms with E-state index in [1.54, 1.807) is 35.9 Å². The lowest BCUT2D eigenvalue weighted by atomic mass is 10.2. The molecule has 3 rings (SSSR count). The molecule has 2 aromatic heterocycles. The van der Waals surface area contributed by atoms with E-state index in [0.717, 1.165) is 0 Å². The minimum Gasteiger partial charge on any atom is -0.307 e. The van der Waals surface area contributed by atoms with Gasteiger partial charge in [0.05, 0.1) is 29.2 Å². The number of nitriles is 1. The predicted molar refractivity (Wildman–Crippen MR) is 81.6 cm³/mol. The van der Waals surface area contributed by atoms with E-state index >= 15 is 0 Å². The minimum absolute atomic E-state index is 0.0341. The Morgan fingerprint density at radius 1 is 1.43 bits per heavy atom. The SMILES string of the molecule is Cn1nccc1C(=O)Nc1nc2ccc(C#N)cc2n1CCF. The number of fused-ring (bicyclic) bond motifs is 1. The summed E-state index contributed by atoms with van der Waals surface area (Å²) in [6.07, 6.45) is 1.51. The highest BCUT2D eigenvalue weighted by atomic mass is 19.1. The Morgan fingerprint density at radius 3 is 2.91 bits per heavy atom. The van der Waals surface area contributed by atoms with Crippen LogP contribution in [0.3, 0.4) is 0 Å². The standard InChI is InChI=1S/C15H13FN6O/c1-21-12(4-6-18-21)14(23)20-15-19-11-3-2-10(9-17)8-13(11)22(15)7-5-16/h2-4,6,8H,5,7H2,1H3,(H,19,20,23). The number of carbonyl (C=O) groups is 1. The van der Waals surface area contributed by atoms with Gasteiger partial charge in [0.2, 0.25) is 5.95 Å². The summed E-state index contributed by atoms with van der Waals surface area (Å²) in [5, 5.41) is 15.6. The van der Waals surface area contributed by atoms with Gasteiger partial charge in [-0.1, -0.05) is 0 Å². The van der Waals surface area contributed by atoms with E-state index in [9.17, 15) is 9.18 Å². The normalized spacial score (nSPS) is 10.7. The maximum atomic E-state index is 12.9. The summed E-state index contributed by atoms with van der Waals surface area (Å²) < 4.78 is 15.9. The van der Waals surface area contributed by atoms with Crippen molar-refractivity contribution in [3.63, 3.8) is 0 Å². The molecule has 0 radical (unpaired) electrons. The molecule has 3 aromatic rings. The Morgan fingerprint density at radius 2 is 2.26 bits per heavy atom. The Hall–Kier alpha value is -3.21. The van der Waals surface area contributed by atoms with Crippen LogP contribution in [-0.2, 0) is 13.6 Å². The van der Waals surface area contributed by atoms with Crippen LogP contribution in [0.15, 0.2) is 30.5 Å². The Bertz CT molecular complexity index is 920. The van der Waals surface area contributed by atoms with Gasteiger partial charge in [0.1, 0.15) is 12.4 Å². The molecule has 0 unspecified atom stereocenters. The molecule has 2 heterocycles. The van der Waals surface area contributed by atoms with Crippen molar-refractivity contribution in [1.82, 2.24) is 19.3 Å². The summed E-state index contributed by atoms with van der Waals surface area (Å²) >= 11 is 0. The number of rotatable bonds is 4. The van der Waals surface area contributed by atoms with Crippen LogP contribution in [0.25, 0.3) is 11.0 Å². The summed E-state index contributed by atoms with van der Waals surface area (Å²) in [5.41, 5.74) is 1.99. The first-order valence-electron chi connectivity index (χ1n) is 6.89. The molecule has 116 valence electrons. The van der Waals surface area contributed by atoms with Gasteiger partial charge in [-0.25, -0.2) is 9.37 Å². The summed E-state index contributed by atoms with van der Waals surface area (Å²) in [6, 6.07) is 8.53. The fourth-order valence-corrected chi connectivity index (χ4v) is 2.36. The first-order valence-corrected chi connectivity index (χ1v) is 6.89. The molecule has 1 N–H and O–H groups in total. The number of aryl methyl sites for hydroxylation is 2. The van der Waals surface area contributed by atoms with Crippen LogP contribution in [0.2, 0.25) is 0 Å². The number of hydrogen-bond acceptors (Lipinski definition) is 4. The largest absolute Gasteiger partial charge is 0.307 e. The van der Waals surface area contributed by atoms with Gasteiger partial charge in [0, 0.05) is 13.2 Å². The number of carbonyl (C=O) groups excluding carboxylic acids is 1. The highest BCUT2D eigenvalue weighted by Crippen LogP contribution is 2.21. The third-order valence-corrected chi connectivity index (χ3v) is 3.46. The summed E-state index contributed by atoms with van der Waals surface area (Å²) in [7, 11) is 1.65. The molecule has 0 aliphatic heterocycles. The highest BCUT2D eigenvalue weighted by Gasteiger charge is 2.16. The van der Waals surface area contributed by atoms with Gasteiger partial charge >= 0.3 is 0 Å². The van der Waals surface area contributed by atoms with Gasteiger partial charge in [0.15, 0.2) is 0 Å². The van der Waals surface area contributed by atoms with Crippen LogP contribution in [0.5, 0.6) is 0 Å². The molecule has 0 saturated heterocycles. The average Bonchev–Trinajstić information content (AvgIpc) is 3.11. The van der Waals surface area contributed by atoms with Crippen molar-refractivity contribution in [2.45, 2.75) is 6.54 Å². The number of nitrogens with zero attached hydrogens (tertiary/aromatic N) is 5. The number of aromatic nitrogens is 4. The molecule has 0 bridgehead atoms. The van der Waals surface area contributed by atoms with Crippen molar-refractivity contribution in [1.29, 1.82) is 5.26 Å². The fourth-order valence-electron chi connectivity index (χ4n) is 2.36. The van der Waals surface area contributed by atoms with Crippen molar-refractivity contribution in [3.8, 4) is 6.07 Å². The smallest absolute Gasteiger partial charge is 0.276 e.